The van der Waals surface area contributed by atoms with Crippen molar-refractivity contribution in [2.24, 2.45) is 5.92 Å². The number of hydrogen-bond acceptors (Lipinski definition) is 6. The van der Waals surface area contributed by atoms with Crippen molar-refractivity contribution in [3.8, 4) is 5.75 Å². The maximum absolute atomic E-state index is 12.2. The molecule has 1 saturated heterocycles. The molecule has 2 amide bonds. The van der Waals surface area contributed by atoms with Crippen LogP contribution < -0.4 is 10.1 Å². The number of aliphatic hydroxyl groups excluding tert-OH is 1. The Morgan fingerprint density at radius 2 is 1.73 bits per heavy atom. The first-order valence-electron chi connectivity index (χ1n) is 11.7. The molecule has 0 aromatic heterocycles. The van der Waals surface area contributed by atoms with E-state index in [-0.39, 0.29) is 6.09 Å². The fourth-order valence-corrected chi connectivity index (χ4v) is 3.43. The van der Waals surface area contributed by atoms with Crippen LogP contribution >= 0.6 is 0 Å². The van der Waals surface area contributed by atoms with Crippen LogP contribution in [0.3, 0.4) is 0 Å². The van der Waals surface area contributed by atoms with Gasteiger partial charge in [-0.2, -0.15) is 0 Å². The predicted molar refractivity (Wildman–Crippen MR) is 126 cm³/mol. The summed E-state index contributed by atoms with van der Waals surface area (Å²) in [6, 6.07) is 7.38. The van der Waals surface area contributed by atoms with Gasteiger partial charge in [-0.15, -0.1) is 0 Å². The molecule has 1 aromatic carbocycles. The third kappa shape index (κ3) is 10.3. The molecule has 8 nitrogen and oxygen atoms in total. The van der Waals surface area contributed by atoms with Crippen molar-refractivity contribution in [1.82, 2.24) is 10.2 Å². The molecule has 33 heavy (non-hydrogen) atoms. The fraction of sp³-hybridized carbons (Fsp3) is 0.680. The lowest BCUT2D eigenvalue weighted by molar-refractivity contribution is 0.0164. The zero-order chi connectivity index (χ0) is 24.6. The van der Waals surface area contributed by atoms with Crippen molar-refractivity contribution in [3.63, 3.8) is 0 Å². The number of rotatable bonds is 7. The van der Waals surface area contributed by atoms with E-state index < -0.39 is 23.4 Å². The number of hydrogen-bond donors (Lipinski definition) is 2. The summed E-state index contributed by atoms with van der Waals surface area (Å²) in [4.78, 5) is 25.7. The number of carbonyl (C=O) groups excluding carboxylic acids is 2. The van der Waals surface area contributed by atoms with Crippen LogP contribution in [0.4, 0.5) is 9.59 Å². The van der Waals surface area contributed by atoms with E-state index in [4.69, 9.17) is 14.2 Å². The maximum Gasteiger partial charge on any atom is 0.410 e. The first-order chi connectivity index (χ1) is 15.3. The zero-order valence-electron chi connectivity index (χ0n) is 20.8. The van der Waals surface area contributed by atoms with Crippen molar-refractivity contribution >= 4 is 12.2 Å². The number of ether oxygens (including phenoxy) is 3. The highest BCUT2D eigenvalue weighted by molar-refractivity contribution is 5.68. The van der Waals surface area contributed by atoms with Gasteiger partial charge in [0.2, 0.25) is 0 Å². The lowest BCUT2D eigenvalue weighted by atomic mass is 9.98. The number of aliphatic hydroxyl groups is 1. The van der Waals surface area contributed by atoms with Gasteiger partial charge >= 0.3 is 12.2 Å². The fourth-order valence-electron chi connectivity index (χ4n) is 3.43. The summed E-state index contributed by atoms with van der Waals surface area (Å²) in [5.74, 6) is 1.05. The van der Waals surface area contributed by atoms with Gasteiger partial charge in [-0.3, -0.25) is 0 Å². The van der Waals surface area contributed by atoms with Crippen molar-refractivity contribution in [2.75, 3.05) is 26.2 Å². The van der Waals surface area contributed by atoms with Gasteiger partial charge in [0.1, 0.15) is 17.0 Å². The summed E-state index contributed by atoms with van der Waals surface area (Å²) in [7, 11) is 0. The number of likely N-dealkylation sites (tertiary alicyclic amines) is 1. The number of nitrogens with one attached hydrogen (secondary N) is 1. The first-order valence-corrected chi connectivity index (χ1v) is 11.7. The second kappa shape index (κ2) is 11.6. The normalized spacial score (nSPS) is 16.2. The highest BCUT2D eigenvalue weighted by Crippen LogP contribution is 2.24. The monoisotopic (exact) mass is 464 g/mol. The summed E-state index contributed by atoms with van der Waals surface area (Å²) in [5, 5.41) is 13.1. The van der Waals surface area contributed by atoms with Gasteiger partial charge in [0.15, 0.2) is 0 Å². The molecule has 1 aromatic rings. The Balaban J connectivity index is 1.74. The van der Waals surface area contributed by atoms with Gasteiger partial charge in [-0.25, -0.2) is 9.59 Å². The molecule has 2 N–H and O–H groups in total. The largest absolute Gasteiger partial charge is 0.493 e. The Kier molecular flexibility index (Phi) is 9.40. The van der Waals surface area contributed by atoms with Crippen LogP contribution in [0.2, 0.25) is 0 Å². The molecule has 186 valence electrons. The Morgan fingerprint density at radius 1 is 1.09 bits per heavy atom. The lowest BCUT2D eigenvalue weighted by Gasteiger charge is -2.33. The molecule has 1 aliphatic rings. The molecule has 2 rings (SSSR count). The lowest BCUT2D eigenvalue weighted by Crippen LogP contribution is -2.42. The summed E-state index contributed by atoms with van der Waals surface area (Å²) in [6.07, 6.45) is 0.608. The number of alkyl carbamates (subject to hydrolysis) is 1. The molecule has 0 radical (unpaired) electrons. The summed E-state index contributed by atoms with van der Waals surface area (Å²) < 4.78 is 16.6. The van der Waals surface area contributed by atoms with Crippen LogP contribution in [0.15, 0.2) is 24.3 Å². The van der Waals surface area contributed by atoms with Gasteiger partial charge < -0.3 is 29.5 Å². The standard InChI is InChI=1S/C25H40N2O6/c1-24(2,3)32-22(29)26-13-10-21(28)19-8-7-9-20(16-19)31-17-18-11-14-27(15-12-18)23(30)33-25(4,5)6/h7-9,16,18,21,28H,10-15,17H2,1-6H3,(H,26,29)/t21-/m1/s1. The van der Waals surface area contributed by atoms with E-state index in [2.05, 4.69) is 5.32 Å². The third-order valence-electron chi connectivity index (χ3n) is 5.08. The number of nitrogens with zero attached hydrogens (tertiary/aromatic N) is 1. The predicted octanol–water partition coefficient (Wildman–Crippen LogP) is 4.66. The Hall–Kier alpha value is -2.48. The zero-order valence-corrected chi connectivity index (χ0v) is 20.8. The quantitative estimate of drug-likeness (QED) is 0.609. The van der Waals surface area contributed by atoms with Crippen LogP contribution in [0.5, 0.6) is 5.75 Å². The maximum atomic E-state index is 12.2. The minimum Gasteiger partial charge on any atom is -0.493 e. The number of amides is 2. The molecule has 0 bridgehead atoms. The van der Waals surface area contributed by atoms with Gasteiger partial charge in [-0.1, -0.05) is 12.1 Å². The van der Waals surface area contributed by atoms with Gasteiger partial charge in [0.05, 0.1) is 12.7 Å². The molecule has 8 heteroatoms. The van der Waals surface area contributed by atoms with Crippen LogP contribution in [-0.2, 0) is 9.47 Å². The SMILES string of the molecule is CC(C)(C)OC(=O)NCC[C@@H](O)c1cccc(OCC2CCN(C(=O)OC(C)(C)C)CC2)c1. The molecule has 0 spiro atoms. The summed E-state index contributed by atoms with van der Waals surface area (Å²) >= 11 is 0. The van der Waals surface area contributed by atoms with E-state index in [0.29, 0.717) is 44.3 Å². The van der Waals surface area contributed by atoms with Crippen molar-refractivity contribution in [1.29, 1.82) is 0 Å². The summed E-state index contributed by atoms with van der Waals surface area (Å²) in [6.45, 7) is 13.2. The number of carbonyl (C=O) groups is 2. The molecule has 0 unspecified atom stereocenters. The average Bonchev–Trinajstić information content (AvgIpc) is 2.70. The minimum atomic E-state index is -0.722. The first kappa shape index (κ1) is 26.8. The van der Waals surface area contributed by atoms with E-state index in [0.717, 1.165) is 18.4 Å². The van der Waals surface area contributed by atoms with Gasteiger partial charge in [0, 0.05) is 19.6 Å². The van der Waals surface area contributed by atoms with Crippen LogP contribution in [0, 0.1) is 5.92 Å². The van der Waals surface area contributed by atoms with Crippen molar-refractivity contribution in [2.45, 2.75) is 78.1 Å². The van der Waals surface area contributed by atoms with Crippen LogP contribution in [-0.4, -0.2) is 59.6 Å². The van der Waals surface area contributed by atoms with E-state index in [9.17, 15) is 14.7 Å². The molecule has 1 atom stereocenters. The molecule has 0 saturated carbocycles. The number of piperidine rings is 1. The van der Waals surface area contributed by atoms with E-state index in [1.54, 1.807) is 25.7 Å². The smallest absolute Gasteiger partial charge is 0.410 e. The molecule has 1 aliphatic heterocycles. The highest BCUT2D eigenvalue weighted by atomic mass is 16.6. The summed E-state index contributed by atoms with van der Waals surface area (Å²) in [5.41, 5.74) is -0.308. The van der Waals surface area contributed by atoms with E-state index in [1.807, 2.05) is 45.0 Å². The Morgan fingerprint density at radius 3 is 2.33 bits per heavy atom. The highest BCUT2D eigenvalue weighted by Gasteiger charge is 2.27. The molecular formula is C25H40N2O6. The second-order valence-corrected chi connectivity index (χ2v) is 10.5. The van der Waals surface area contributed by atoms with Gasteiger partial charge in [-0.05, 0) is 84.4 Å². The minimum absolute atomic E-state index is 0.260. The van der Waals surface area contributed by atoms with E-state index in [1.165, 1.54) is 0 Å². The van der Waals surface area contributed by atoms with Gasteiger partial charge in [0.25, 0.3) is 0 Å². The Bertz CT molecular complexity index is 776. The third-order valence-corrected chi connectivity index (χ3v) is 5.08. The average molecular weight is 465 g/mol. The van der Waals surface area contributed by atoms with Crippen LogP contribution in [0.1, 0.15) is 72.5 Å². The van der Waals surface area contributed by atoms with Crippen molar-refractivity contribution in [3.05, 3.63) is 29.8 Å². The van der Waals surface area contributed by atoms with Crippen molar-refractivity contribution < 1.29 is 28.9 Å². The number of benzene rings is 1. The molecule has 1 heterocycles. The molecule has 0 aliphatic carbocycles. The molecular weight excluding hydrogens is 424 g/mol. The van der Waals surface area contributed by atoms with Crippen LogP contribution in [0.25, 0.3) is 0 Å². The second-order valence-electron chi connectivity index (χ2n) is 10.5. The topological polar surface area (TPSA) is 97.3 Å². The van der Waals surface area contributed by atoms with E-state index >= 15 is 0 Å². The molecule has 1 fully saturated rings. The Labute approximate surface area is 197 Å².